The van der Waals surface area contributed by atoms with E-state index in [0.717, 1.165) is 30.2 Å². The second-order valence-electron chi connectivity index (χ2n) is 7.24. The van der Waals surface area contributed by atoms with Gasteiger partial charge in [-0.2, -0.15) is 0 Å². The lowest BCUT2D eigenvalue weighted by atomic mass is 9.70. The van der Waals surface area contributed by atoms with E-state index >= 15 is 0 Å². The molecule has 2 aliphatic rings. The Labute approximate surface area is 130 Å². The zero-order valence-corrected chi connectivity index (χ0v) is 13.8. The van der Waals surface area contributed by atoms with Crippen LogP contribution in [0.3, 0.4) is 0 Å². The van der Waals surface area contributed by atoms with Gasteiger partial charge in [0.25, 0.3) is 0 Å². The van der Waals surface area contributed by atoms with Gasteiger partial charge in [0, 0.05) is 6.04 Å². The van der Waals surface area contributed by atoms with Crippen LogP contribution in [0.4, 0.5) is 0 Å². The van der Waals surface area contributed by atoms with Gasteiger partial charge in [-0.25, -0.2) is 0 Å². The monoisotopic (exact) mass is 285 g/mol. The van der Waals surface area contributed by atoms with Crippen molar-refractivity contribution >= 4 is 0 Å². The molecule has 3 atom stereocenters. The lowest BCUT2D eigenvalue weighted by molar-refractivity contribution is 0.225. The molecule has 0 bridgehead atoms. The number of aryl methyl sites for hydroxylation is 1. The third-order valence-corrected chi connectivity index (χ3v) is 5.71. The zero-order valence-electron chi connectivity index (χ0n) is 13.8. The second kappa shape index (κ2) is 6.96. The Morgan fingerprint density at radius 2 is 1.95 bits per heavy atom. The molecule has 1 nitrogen and oxygen atoms in total. The average Bonchev–Trinajstić information content (AvgIpc) is 3.37. The molecule has 0 aromatic heterocycles. The quantitative estimate of drug-likeness (QED) is 0.783. The molecule has 1 N–H and O–H groups in total. The van der Waals surface area contributed by atoms with Crippen molar-refractivity contribution in [2.45, 2.75) is 70.8 Å². The highest BCUT2D eigenvalue weighted by atomic mass is 14.9. The number of nitrogens with one attached hydrogen (secondary N) is 1. The molecule has 2 saturated carbocycles. The lowest BCUT2D eigenvalue weighted by Gasteiger charge is -2.37. The molecule has 0 amide bonds. The van der Waals surface area contributed by atoms with Crippen LogP contribution < -0.4 is 5.32 Å². The first-order valence-electron chi connectivity index (χ1n) is 9.12. The van der Waals surface area contributed by atoms with Crippen molar-refractivity contribution in [3.05, 3.63) is 35.4 Å². The van der Waals surface area contributed by atoms with Crippen LogP contribution in [-0.2, 0) is 6.42 Å². The molecule has 1 aromatic rings. The van der Waals surface area contributed by atoms with Gasteiger partial charge < -0.3 is 5.32 Å². The summed E-state index contributed by atoms with van der Waals surface area (Å²) in [5.41, 5.74) is 3.11. The highest BCUT2D eigenvalue weighted by molar-refractivity contribution is 5.27. The smallest absolute Gasteiger partial charge is 0.00683 e. The van der Waals surface area contributed by atoms with Crippen molar-refractivity contribution in [2.75, 3.05) is 6.54 Å². The summed E-state index contributed by atoms with van der Waals surface area (Å²) in [6, 6.07) is 10.3. The topological polar surface area (TPSA) is 12.0 Å². The Balaban J connectivity index is 1.73. The minimum Gasteiger partial charge on any atom is -0.314 e. The Bertz CT molecular complexity index is 449. The molecule has 1 aromatic carbocycles. The molecule has 0 radical (unpaired) electrons. The molecule has 3 unspecified atom stereocenters. The van der Waals surface area contributed by atoms with E-state index in [1.165, 1.54) is 50.6 Å². The Hall–Kier alpha value is -0.820. The largest absolute Gasteiger partial charge is 0.314 e. The Morgan fingerprint density at radius 1 is 1.10 bits per heavy atom. The van der Waals surface area contributed by atoms with Crippen molar-refractivity contribution in [1.29, 1.82) is 0 Å². The van der Waals surface area contributed by atoms with E-state index in [9.17, 15) is 0 Å². The van der Waals surface area contributed by atoms with E-state index in [-0.39, 0.29) is 0 Å². The van der Waals surface area contributed by atoms with Crippen LogP contribution in [0.5, 0.6) is 0 Å². The molecule has 116 valence electrons. The van der Waals surface area contributed by atoms with Crippen LogP contribution in [0.1, 0.15) is 69.4 Å². The van der Waals surface area contributed by atoms with E-state index in [1.54, 1.807) is 5.56 Å². The number of benzene rings is 1. The maximum Gasteiger partial charge on any atom is 0.00683 e. The SMILES string of the molecule is CCc1cccc(C2CC(CC)CCC2CNC2CC2)c1. The summed E-state index contributed by atoms with van der Waals surface area (Å²) in [6.45, 7) is 5.87. The van der Waals surface area contributed by atoms with E-state index in [2.05, 4.69) is 43.4 Å². The minimum atomic E-state index is 0.779. The van der Waals surface area contributed by atoms with Gasteiger partial charge in [0.15, 0.2) is 0 Å². The maximum atomic E-state index is 3.79. The van der Waals surface area contributed by atoms with Gasteiger partial charge in [-0.3, -0.25) is 0 Å². The third-order valence-electron chi connectivity index (χ3n) is 5.71. The predicted octanol–water partition coefficient (Wildman–Crippen LogP) is 4.91. The first-order valence-corrected chi connectivity index (χ1v) is 9.12. The molecule has 21 heavy (non-hydrogen) atoms. The van der Waals surface area contributed by atoms with Gasteiger partial charge in [0.05, 0.1) is 0 Å². The van der Waals surface area contributed by atoms with Crippen molar-refractivity contribution in [3.8, 4) is 0 Å². The fourth-order valence-electron chi connectivity index (χ4n) is 3.99. The Kier molecular flexibility index (Phi) is 5.00. The molecule has 0 aliphatic heterocycles. The minimum absolute atomic E-state index is 0.779. The molecule has 2 aliphatic carbocycles. The van der Waals surface area contributed by atoms with E-state index in [1.807, 2.05) is 0 Å². The second-order valence-corrected chi connectivity index (χ2v) is 7.24. The fourth-order valence-corrected chi connectivity index (χ4v) is 3.99. The lowest BCUT2D eigenvalue weighted by Crippen LogP contribution is -2.33. The molecule has 3 rings (SSSR count). The van der Waals surface area contributed by atoms with Crippen LogP contribution in [0.15, 0.2) is 24.3 Å². The summed E-state index contributed by atoms with van der Waals surface area (Å²) in [6.07, 6.45) is 9.58. The average molecular weight is 285 g/mol. The van der Waals surface area contributed by atoms with Gasteiger partial charge in [0.2, 0.25) is 0 Å². The van der Waals surface area contributed by atoms with Gasteiger partial charge in [-0.1, -0.05) is 51.0 Å². The summed E-state index contributed by atoms with van der Waals surface area (Å²) in [5.74, 6) is 2.57. The van der Waals surface area contributed by atoms with Crippen molar-refractivity contribution < 1.29 is 0 Å². The van der Waals surface area contributed by atoms with Crippen LogP contribution in [0.25, 0.3) is 0 Å². The fraction of sp³-hybridized carbons (Fsp3) is 0.700. The molecule has 0 spiro atoms. The van der Waals surface area contributed by atoms with Crippen molar-refractivity contribution in [3.63, 3.8) is 0 Å². The van der Waals surface area contributed by atoms with Gasteiger partial charge in [0.1, 0.15) is 0 Å². The molecule has 2 fully saturated rings. The van der Waals surface area contributed by atoms with Crippen LogP contribution >= 0.6 is 0 Å². The molecule has 0 heterocycles. The summed E-state index contributed by atoms with van der Waals surface area (Å²) in [5, 5.41) is 3.79. The van der Waals surface area contributed by atoms with Crippen LogP contribution in [-0.4, -0.2) is 12.6 Å². The highest BCUT2D eigenvalue weighted by Gasteiger charge is 2.32. The number of rotatable bonds is 6. The first kappa shape index (κ1) is 15.1. The predicted molar refractivity (Wildman–Crippen MR) is 90.7 cm³/mol. The van der Waals surface area contributed by atoms with Gasteiger partial charge >= 0.3 is 0 Å². The maximum absolute atomic E-state index is 3.79. The molecule has 1 heteroatoms. The van der Waals surface area contributed by atoms with E-state index in [4.69, 9.17) is 0 Å². The Morgan fingerprint density at radius 3 is 2.67 bits per heavy atom. The molecule has 0 saturated heterocycles. The summed E-state index contributed by atoms with van der Waals surface area (Å²) in [7, 11) is 0. The number of hydrogen-bond acceptors (Lipinski definition) is 1. The third kappa shape index (κ3) is 3.88. The summed E-state index contributed by atoms with van der Waals surface area (Å²) < 4.78 is 0. The van der Waals surface area contributed by atoms with Crippen molar-refractivity contribution in [2.24, 2.45) is 11.8 Å². The van der Waals surface area contributed by atoms with Gasteiger partial charge in [-0.05, 0) is 67.5 Å². The zero-order chi connectivity index (χ0) is 14.7. The number of hydrogen-bond donors (Lipinski definition) is 1. The van der Waals surface area contributed by atoms with Crippen molar-refractivity contribution in [1.82, 2.24) is 5.32 Å². The summed E-state index contributed by atoms with van der Waals surface area (Å²) >= 11 is 0. The van der Waals surface area contributed by atoms with Gasteiger partial charge in [-0.15, -0.1) is 0 Å². The normalized spacial score (nSPS) is 29.5. The summed E-state index contributed by atoms with van der Waals surface area (Å²) in [4.78, 5) is 0. The molecular weight excluding hydrogens is 254 g/mol. The highest BCUT2D eigenvalue weighted by Crippen LogP contribution is 2.42. The van der Waals surface area contributed by atoms with E-state index in [0.29, 0.717) is 0 Å². The molecular formula is C20H31N. The first-order chi connectivity index (χ1) is 10.3. The van der Waals surface area contributed by atoms with E-state index < -0.39 is 0 Å². The van der Waals surface area contributed by atoms with Crippen LogP contribution in [0, 0.1) is 11.8 Å². The standard InChI is InChI=1S/C20H31N/c1-3-15-6-5-7-17(12-15)20-13-16(4-2)8-9-18(20)14-21-19-10-11-19/h5-7,12,16,18-21H,3-4,8-11,13-14H2,1-2H3. The van der Waals surface area contributed by atoms with Crippen LogP contribution in [0.2, 0.25) is 0 Å².